The molecular formula is C16H15F2NO4S. The fourth-order valence-corrected chi connectivity index (χ4v) is 3.47. The number of hydrogen-bond acceptors (Lipinski definition) is 6. The molecule has 3 N–H and O–H groups in total. The maximum absolute atomic E-state index is 14.0. The van der Waals surface area contributed by atoms with Gasteiger partial charge in [-0.05, 0) is 23.8 Å². The topological polar surface area (TPSA) is 82.8 Å². The Morgan fingerprint density at radius 2 is 1.92 bits per heavy atom. The molecule has 128 valence electrons. The van der Waals surface area contributed by atoms with Gasteiger partial charge in [0, 0.05) is 23.7 Å². The summed E-state index contributed by atoms with van der Waals surface area (Å²) in [5, 5.41) is 29.1. The summed E-state index contributed by atoms with van der Waals surface area (Å²) in [6, 6.07) is 5.69. The standard InChI is InChI=1S/C16H15F2NO4S/c17-10-4-9(8-2-1-3-19-6-8)5-12(13(10)18)23-16-15(22)14(21)11(20)7-24-16/h1-6,11,14-16,20-22H,7H2/t11-,14+,15-,16-/m1/s1. The molecular weight excluding hydrogens is 340 g/mol. The van der Waals surface area contributed by atoms with E-state index < -0.39 is 35.4 Å². The van der Waals surface area contributed by atoms with Crippen molar-refractivity contribution in [3.8, 4) is 16.9 Å². The van der Waals surface area contributed by atoms with Crippen LogP contribution in [0.2, 0.25) is 0 Å². The highest BCUT2D eigenvalue weighted by Crippen LogP contribution is 2.33. The summed E-state index contributed by atoms with van der Waals surface area (Å²) >= 11 is 1.01. The zero-order chi connectivity index (χ0) is 17.3. The average molecular weight is 355 g/mol. The molecule has 24 heavy (non-hydrogen) atoms. The molecule has 0 unspecified atom stereocenters. The van der Waals surface area contributed by atoms with Gasteiger partial charge in [-0.2, -0.15) is 4.39 Å². The number of rotatable bonds is 3. The number of benzene rings is 1. The van der Waals surface area contributed by atoms with E-state index in [0.29, 0.717) is 11.1 Å². The summed E-state index contributed by atoms with van der Waals surface area (Å²) in [5.74, 6) is -2.55. The van der Waals surface area contributed by atoms with Crippen LogP contribution < -0.4 is 4.74 Å². The van der Waals surface area contributed by atoms with Gasteiger partial charge in [0.2, 0.25) is 5.82 Å². The molecule has 5 nitrogen and oxygen atoms in total. The van der Waals surface area contributed by atoms with Crippen molar-refractivity contribution in [2.24, 2.45) is 0 Å². The van der Waals surface area contributed by atoms with Crippen molar-refractivity contribution in [3.05, 3.63) is 48.3 Å². The van der Waals surface area contributed by atoms with E-state index in [1.165, 1.54) is 12.3 Å². The summed E-state index contributed by atoms with van der Waals surface area (Å²) in [5.41, 5.74) is -0.0807. The molecule has 1 saturated heterocycles. The maximum Gasteiger partial charge on any atom is 0.200 e. The molecule has 1 aromatic carbocycles. The number of thioether (sulfide) groups is 1. The normalized spacial score (nSPS) is 27.0. The lowest BCUT2D eigenvalue weighted by Gasteiger charge is -2.34. The Morgan fingerprint density at radius 3 is 2.62 bits per heavy atom. The number of halogens is 2. The van der Waals surface area contributed by atoms with Crippen molar-refractivity contribution in [2.45, 2.75) is 23.7 Å². The number of aliphatic hydroxyl groups excluding tert-OH is 3. The van der Waals surface area contributed by atoms with Crippen molar-refractivity contribution in [1.29, 1.82) is 0 Å². The number of aliphatic hydroxyl groups is 3. The highest BCUT2D eigenvalue weighted by Gasteiger charge is 2.39. The van der Waals surface area contributed by atoms with E-state index in [2.05, 4.69) is 4.98 Å². The molecule has 2 aromatic rings. The summed E-state index contributed by atoms with van der Waals surface area (Å²) in [6.45, 7) is 0. The van der Waals surface area contributed by atoms with Gasteiger partial charge < -0.3 is 20.1 Å². The van der Waals surface area contributed by atoms with Crippen LogP contribution in [-0.2, 0) is 0 Å². The van der Waals surface area contributed by atoms with Gasteiger partial charge >= 0.3 is 0 Å². The highest BCUT2D eigenvalue weighted by atomic mass is 32.2. The molecule has 8 heteroatoms. The van der Waals surface area contributed by atoms with E-state index in [9.17, 15) is 24.1 Å². The molecule has 0 spiro atoms. The van der Waals surface area contributed by atoms with Gasteiger partial charge in [0.15, 0.2) is 17.0 Å². The molecule has 0 saturated carbocycles. The largest absolute Gasteiger partial charge is 0.474 e. The van der Waals surface area contributed by atoms with Crippen LogP contribution in [0, 0.1) is 11.6 Å². The van der Waals surface area contributed by atoms with Crippen molar-refractivity contribution < 1.29 is 28.8 Å². The first kappa shape index (κ1) is 17.1. The molecule has 2 heterocycles. The zero-order valence-electron chi connectivity index (χ0n) is 12.3. The monoisotopic (exact) mass is 355 g/mol. The molecule has 1 aromatic heterocycles. The molecule has 4 atom stereocenters. The summed E-state index contributed by atoms with van der Waals surface area (Å²) < 4.78 is 33.3. The van der Waals surface area contributed by atoms with E-state index >= 15 is 0 Å². The van der Waals surface area contributed by atoms with Gasteiger partial charge in [0.05, 0.1) is 6.10 Å². The van der Waals surface area contributed by atoms with Gasteiger partial charge in [-0.3, -0.25) is 4.98 Å². The highest BCUT2D eigenvalue weighted by molar-refractivity contribution is 7.99. The zero-order valence-corrected chi connectivity index (χ0v) is 13.2. The molecule has 1 aliphatic heterocycles. The van der Waals surface area contributed by atoms with Crippen LogP contribution in [0.5, 0.6) is 5.75 Å². The molecule has 3 rings (SSSR count). The first-order valence-corrected chi connectivity index (χ1v) is 8.24. The smallest absolute Gasteiger partial charge is 0.200 e. The number of pyridine rings is 1. The Hall–Kier alpha value is -1.74. The number of nitrogens with zero attached hydrogens (tertiary/aromatic N) is 1. The minimum absolute atomic E-state index is 0.106. The van der Waals surface area contributed by atoms with Crippen LogP contribution in [0.1, 0.15) is 0 Å². The lowest BCUT2D eigenvalue weighted by atomic mass is 10.1. The molecule has 0 bridgehead atoms. The van der Waals surface area contributed by atoms with E-state index in [0.717, 1.165) is 17.8 Å². The summed E-state index contributed by atoms with van der Waals surface area (Å²) in [6.07, 6.45) is -0.884. The fraction of sp³-hybridized carbons (Fsp3) is 0.312. The van der Waals surface area contributed by atoms with E-state index in [4.69, 9.17) is 4.74 Å². The molecule has 1 fully saturated rings. The molecule has 0 radical (unpaired) electrons. The Morgan fingerprint density at radius 1 is 1.12 bits per heavy atom. The van der Waals surface area contributed by atoms with Gasteiger partial charge in [-0.25, -0.2) is 4.39 Å². The fourth-order valence-electron chi connectivity index (χ4n) is 2.36. The molecule has 1 aliphatic rings. The first-order valence-electron chi connectivity index (χ1n) is 7.19. The van der Waals surface area contributed by atoms with Crippen molar-refractivity contribution in [1.82, 2.24) is 4.98 Å². The first-order chi connectivity index (χ1) is 11.5. The Bertz CT molecular complexity index is 719. The van der Waals surface area contributed by atoms with Gasteiger partial charge in [0.1, 0.15) is 12.2 Å². The second-order valence-electron chi connectivity index (χ2n) is 5.38. The lowest BCUT2D eigenvalue weighted by molar-refractivity contribution is -0.0790. The molecule has 0 aliphatic carbocycles. The third kappa shape index (κ3) is 3.36. The van der Waals surface area contributed by atoms with Gasteiger partial charge in [-0.1, -0.05) is 6.07 Å². The van der Waals surface area contributed by atoms with Crippen LogP contribution in [0.25, 0.3) is 11.1 Å². The van der Waals surface area contributed by atoms with Crippen molar-refractivity contribution in [2.75, 3.05) is 5.75 Å². The maximum atomic E-state index is 14.0. The van der Waals surface area contributed by atoms with E-state index in [-0.39, 0.29) is 11.5 Å². The predicted octanol–water partition coefficient (Wildman–Crippen LogP) is 1.56. The van der Waals surface area contributed by atoms with Crippen LogP contribution in [0.15, 0.2) is 36.7 Å². The van der Waals surface area contributed by atoms with Crippen LogP contribution in [0.3, 0.4) is 0 Å². The Kier molecular flexibility index (Phi) is 5.00. The second kappa shape index (κ2) is 7.02. The minimum Gasteiger partial charge on any atom is -0.474 e. The van der Waals surface area contributed by atoms with Crippen LogP contribution in [0.4, 0.5) is 8.78 Å². The van der Waals surface area contributed by atoms with Crippen molar-refractivity contribution >= 4 is 11.8 Å². The van der Waals surface area contributed by atoms with Gasteiger partial charge in [0.25, 0.3) is 0 Å². The second-order valence-corrected chi connectivity index (χ2v) is 6.51. The van der Waals surface area contributed by atoms with Gasteiger partial charge in [-0.15, -0.1) is 11.8 Å². The number of aromatic nitrogens is 1. The molecule has 0 amide bonds. The lowest BCUT2D eigenvalue weighted by Crippen LogP contribution is -2.50. The average Bonchev–Trinajstić information content (AvgIpc) is 2.59. The third-order valence-electron chi connectivity index (χ3n) is 3.69. The Labute approximate surface area is 140 Å². The van der Waals surface area contributed by atoms with Crippen LogP contribution >= 0.6 is 11.8 Å². The van der Waals surface area contributed by atoms with E-state index in [1.54, 1.807) is 18.3 Å². The third-order valence-corrected chi connectivity index (χ3v) is 4.92. The predicted molar refractivity (Wildman–Crippen MR) is 84.5 cm³/mol. The van der Waals surface area contributed by atoms with Crippen LogP contribution in [-0.4, -0.2) is 49.8 Å². The summed E-state index contributed by atoms with van der Waals surface area (Å²) in [7, 11) is 0. The van der Waals surface area contributed by atoms with E-state index in [1.807, 2.05) is 0 Å². The summed E-state index contributed by atoms with van der Waals surface area (Å²) in [4.78, 5) is 3.93. The number of ether oxygens (including phenoxy) is 1. The number of hydrogen-bond donors (Lipinski definition) is 3. The minimum atomic E-state index is -1.43. The van der Waals surface area contributed by atoms with Crippen molar-refractivity contribution in [3.63, 3.8) is 0 Å². The SMILES string of the molecule is O[C@@H]1[C@@H](O)[C@H](Oc2cc(-c3cccnc3)cc(F)c2F)SC[C@H]1O. The quantitative estimate of drug-likeness (QED) is 0.775. The Balaban J connectivity index is 1.89.